The molecule has 0 bridgehead atoms. The van der Waals surface area contributed by atoms with Crippen LogP contribution in [0, 0.1) is 12.8 Å². The normalized spacial score (nSPS) is 18.9. The van der Waals surface area contributed by atoms with E-state index in [4.69, 9.17) is 4.74 Å². The molecule has 0 saturated carbocycles. The second-order valence-electron chi connectivity index (χ2n) is 10.3. The molecule has 1 aromatic carbocycles. The lowest BCUT2D eigenvalue weighted by atomic mass is 9.93. The average molecular weight is 511 g/mol. The monoisotopic (exact) mass is 510 g/mol. The average Bonchev–Trinajstić information content (AvgIpc) is 3.53. The smallest absolute Gasteiger partial charge is 0.410 e. The zero-order chi connectivity index (χ0) is 25.8. The first kappa shape index (κ1) is 24.2. The van der Waals surface area contributed by atoms with Crippen molar-refractivity contribution in [3.8, 4) is 0 Å². The molecule has 0 aliphatic carbocycles. The molecule has 10 nitrogen and oxygen atoms in total. The van der Waals surface area contributed by atoms with Crippen LogP contribution in [0.4, 0.5) is 4.79 Å². The number of fused-ring (bicyclic) bond motifs is 3. The van der Waals surface area contributed by atoms with Crippen molar-refractivity contribution in [1.29, 1.82) is 0 Å². The minimum Gasteiger partial charge on any atom is -0.444 e. The van der Waals surface area contributed by atoms with E-state index in [-0.39, 0.29) is 22.8 Å². The fourth-order valence-electron chi connectivity index (χ4n) is 4.76. The summed E-state index contributed by atoms with van der Waals surface area (Å²) in [5.74, 6) is 0.757. The van der Waals surface area contributed by atoms with Crippen LogP contribution in [0.2, 0.25) is 0 Å². The van der Waals surface area contributed by atoms with Gasteiger partial charge in [-0.2, -0.15) is 0 Å². The van der Waals surface area contributed by atoms with E-state index in [1.807, 2.05) is 32.1 Å². The Hall–Kier alpha value is -3.47. The third-order valence-corrected chi connectivity index (χ3v) is 8.27. The quantitative estimate of drug-likeness (QED) is 0.408. The Morgan fingerprint density at radius 1 is 1.11 bits per heavy atom. The van der Waals surface area contributed by atoms with Gasteiger partial charge in [0.15, 0.2) is 11.3 Å². The highest BCUT2D eigenvalue weighted by atomic mass is 32.2. The highest BCUT2D eigenvalue weighted by Crippen LogP contribution is 2.36. The summed E-state index contributed by atoms with van der Waals surface area (Å²) in [5, 5.41) is 8.78. The van der Waals surface area contributed by atoms with E-state index in [9.17, 15) is 13.2 Å². The van der Waals surface area contributed by atoms with Crippen LogP contribution in [0.15, 0.2) is 47.6 Å². The lowest BCUT2D eigenvalue weighted by molar-refractivity contribution is 0.0286. The summed E-state index contributed by atoms with van der Waals surface area (Å²) >= 11 is 0. The third-order valence-electron chi connectivity index (χ3n) is 6.59. The number of hydrogen-bond donors (Lipinski definition) is 0. The number of carbonyl (C=O) groups excluding carboxylic acids is 1. The van der Waals surface area contributed by atoms with Gasteiger partial charge in [-0.25, -0.2) is 22.2 Å². The molecule has 5 rings (SSSR count). The molecule has 1 amide bonds. The summed E-state index contributed by atoms with van der Waals surface area (Å²) in [6.07, 6.45) is 3.53. The molecule has 0 N–H and O–H groups in total. The number of hydrogen-bond acceptors (Lipinski definition) is 7. The number of ether oxygens (including phenoxy) is 1. The predicted molar refractivity (Wildman–Crippen MR) is 134 cm³/mol. The van der Waals surface area contributed by atoms with Crippen LogP contribution < -0.4 is 0 Å². The lowest BCUT2D eigenvalue weighted by Gasteiger charge is -2.24. The third kappa shape index (κ3) is 4.11. The number of aryl methyl sites for hydroxylation is 1. The van der Waals surface area contributed by atoms with Crippen LogP contribution in [0.5, 0.6) is 0 Å². The molecule has 2 unspecified atom stereocenters. The van der Waals surface area contributed by atoms with Crippen LogP contribution in [0.1, 0.15) is 51.4 Å². The Kier molecular flexibility index (Phi) is 5.77. The molecule has 1 saturated heterocycles. The van der Waals surface area contributed by atoms with Crippen molar-refractivity contribution in [2.75, 3.05) is 13.1 Å². The van der Waals surface area contributed by atoms with Crippen LogP contribution in [0.25, 0.3) is 16.8 Å². The molecule has 0 radical (unpaired) electrons. The summed E-state index contributed by atoms with van der Waals surface area (Å²) in [5.41, 5.74) is 1.80. The molecule has 1 aliphatic heterocycles. The lowest BCUT2D eigenvalue weighted by Crippen LogP contribution is -2.35. The van der Waals surface area contributed by atoms with Crippen LogP contribution in [-0.4, -0.2) is 61.7 Å². The van der Waals surface area contributed by atoms with Crippen LogP contribution in [0.3, 0.4) is 0 Å². The number of likely N-dealkylation sites (tertiary alicyclic amines) is 1. The molecule has 190 valence electrons. The molecule has 2 atom stereocenters. The number of amides is 1. The maximum Gasteiger partial charge on any atom is 0.410 e. The SMILES string of the molecule is CCC1CN(C(=O)OC(C)(C)C)CC1c1nnc2cnc3c(ccn3S(=O)(=O)c3ccc(C)cc3)n12. The van der Waals surface area contributed by atoms with E-state index < -0.39 is 15.6 Å². The Morgan fingerprint density at radius 3 is 2.50 bits per heavy atom. The number of nitrogens with zero attached hydrogens (tertiary/aromatic N) is 6. The number of carbonyl (C=O) groups is 1. The minimum absolute atomic E-state index is 0.0832. The zero-order valence-electron chi connectivity index (χ0n) is 21.0. The summed E-state index contributed by atoms with van der Waals surface area (Å²) < 4.78 is 35.4. The van der Waals surface area contributed by atoms with E-state index in [0.29, 0.717) is 35.7 Å². The van der Waals surface area contributed by atoms with Crippen molar-refractivity contribution in [1.82, 2.24) is 28.5 Å². The number of aromatic nitrogens is 5. The molecular weight excluding hydrogens is 480 g/mol. The van der Waals surface area contributed by atoms with Gasteiger partial charge < -0.3 is 9.64 Å². The van der Waals surface area contributed by atoms with Crippen molar-refractivity contribution in [2.24, 2.45) is 5.92 Å². The van der Waals surface area contributed by atoms with Gasteiger partial charge in [-0.1, -0.05) is 31.0 Å². The topological polar surface area (TPSA) is 112 Å². The Morgan fingerprint density at radius 2 is 1.83 bits per heavy atom. The summed E-state index contributed by atoms with van der Waals surface area (Å²) in [6.45, 7) is 10.5. The molecule has 36 heavy (non-hydrogen) atoms. The fourth-order valence-corrected chi connectivity index (χ4v) is 6.06. The molecule has 0 spiro atoms. The van der Waals surface area contributed by atoms with Gasteiger partial charge in [0.2, 0.25) is 0 Å². The zero-order valence-corrected chi connectivity index (χ0v) is 21.9. The van der Waals surface area contributed by atoms with Crippen molar-refractivity contribution in [3.05, 3.63) is 54.1 Å². The predicted octanol–water partition coefficient (Wildman–Crippen LogP) is 3.98. The Labute approximate surface area is 210 Å². The fraction of sp³-hybridized carbons (Fsp3) is 0.440. The van der Waals surface area contributed by atoms with Crippen molar-refractivity contribution < 1.29 is 17.9 Å². The summed E-state index contributed by atoms with van der Waals surface area (Å²) in [6, 6.07) is 8.44. The van der Waals surface area contributed by atoms with Gasteiger partial charge in [0.05, 0.1) is 16.6 Å². The van der Waals surface area contributed by atoms with Crippen molar-refractivity contribution in [2.45, 2.75) is 57.5 Å². The van der Waals surface area contributed by atoms with Gasteiger partial charge in [-0.15, -0.1) is 10.2 Å². The molecule has 4 heterocycles. The largest absolute Gasteiger partial charge is 0.444 e. The molecule has 1 aliphatic rings. The van der Waals surface area contributed by atoms with E-state index in [0.717, 1.165) is 12.0 Å². The van der Waals surface area contributed by atoms with E-state index in [1.165, 1.54) is 16.4 Å². The standard InChI is InChI=1S/C25H30N6O4S/c1-6-17-14-29(24(32)35-25(3,4)5)15-19(17)22-28-27-21-13-26-23-20(31(21)22)11-12-30(23)36(33,34)18-9-7-16(2)8-10-18/h7-13,17,19H,6,14-15H2,1-5H3. The van der Waals surface area contributed by atoms with E-state index in [2.05, 4.69) is 22.1 Å². The maximum absolute atomic E-state index is 13.4. The molecule has 11 heteroatoms. The minimum atomic E-state index is -3.84. The van der Waals surface area contributed by atoms with Gasteiger partial charge in [-0.3, -0.25) is 4.40 Å². The second-order valence-corrected chi connectivity index (χ2v) is 12.1. The van der Waals surface area contributed by atoms with Gasteiger partial charge in [-0.05, 0) is 51.8 Å². The Bertz CT molecular complexity index is 1550. The molecular formula is C25H30N6O4S. The van der Waals surface area contributed by atoms with Gasteiger partial charge in [0.25, 0.3) is 10.0 Å². The summed E-state index contributed by atoms with van der Waals surface area (Å²) in [7, 11) is -3.84. The highest BCUT2D eigenvalue weighted by Gasteiger charge is 2.39. The van der Waals surface area contributed by atoms with Gasteiger partial charge >= 0.3 is 6.09 Å². The number of rotatable bonds is 4. The first-order valence-electron chi connectivity index (χ1n) is 12.0. The van der Waals surface area contributed by atoms with Gasteiger partial charge in [0.1, 0.15) is 11.4 Å². The Balaban J connectivity index is 1.57. The molecule has 1 fully saturated rings. The van der Waals surface area contributed by atoms with Crippen LogP contribution >= 0.6 is 0 Å². The summed E-state index contributed by atoms with van der Waals surface area (Å²) in [4.78, 5) is 19.1. The van der Waals surface area contributed by atoms with Gasteiger partial charge in [0, 0.05) is 25.2 Å². The van der Waals surface area contributed by atoms with E-state index >= 15 is 0 Å². The highest BCUT2D eigenvalue weighted by molar-refractivity contribution is 7.90. The first-order valence-corrected chi connectivity index (χ1v) is 13.4. The maximum atomic E-state index is 13.4. The van der Waals surface area contributed by atoms with Crippen LogP contribution in [-0.2, 0) is 14.8 Å². The second kappa shape index (κ2) is 8.58. The van der Waals surface area contributed by atoms with E-state index in [1.54, 1.807) is 35.2 Å². The first-order chi connectivity index (χ1) is 17.0. The van der Waals surface area contributed by atoms with Crippen molar-refractivity contribution in [3.63, 3.8) is 0 Å². The number of benzene rings is 1. The molecule has 4 aromatic rings. The van der Waals surface area contributed by atoms with Crippen molar-refractivity contribution >= 4 is 32.9 Å². The molecule has 3 aromatic heterocycles.